The van der Waals surface area contributed by atoms with E-state index in [1.807, 2.05) is 0 Å². The first kappa shape index (κ1) is 19.4. The van der Waals surface area contributed by atoms with Crippen LogP contribution in [0.25, 0.3) is 0 Å². The van der Waals surface area contributed by atoms with E-state index in [0.29, 0.717) is 5.56 Å². The molecule has 0 saturated carbocycles. The molecule has 0 unspecified atom stereocenters. The van der Waals surface area contributed by atoms with Crippen molar-refractivity contribution in [2.75, 3.05) is 17.8 Å². The molecular weight excluding hydrogens is 342 g/mol. The van der Waals surface area contributed by atoms with Gasteiger partial charge in [-0.1, -0.05) is 0 Å². The lowest BCUT2D eigenvalue weighted by Gasteiger charge is -2.07. The Hall–Kier alpha value is -1.60. The van der Waals surface area contributed by atoms with E-state index < -0.39 is 11.9 Å². The summed E-state index contributed by atoms with van der Waals surface area (Å²) < 4.78 is 10.2. The Kier molecular flexibility index (Phi) is 7.51. The highest BCUT2D eigenvalue weighted by Crippen LogP contribution is 2.34. The lowest BCUT2D eigenvalue weighted by atomic mass is 10.1. The maximum Gasteiger partial charge on any atom is 0.348 e. The van der Waals surface area contributed by atoms with E-state index in [4.69, 9.17) is 21.1 Å². The Morgan fingerprint density at radius 1 is 1.26 bits per heavy atom. The van der Waals surface area contributed by atoms with Crippen molar-refractivity contribution in [1.82, 2.24) is 0 Å². The highest BCUT2D eigenvalue weighted by Gasteiger charge is 2.27. The van der Waals surface area contributed by atoms with Crippen LogP contribution in [-0.2, 0) is 14.3 Å². The van der Waals surface area contributed by atoms with Crippen LogP contribution in [0.3, 0.4) is 0 Å². The number of rotatable bonds is 7. The fraction of sp³-hybridized carbons (Fsp3) is 0.533. The smallest absolute Gasteiger partial charge is 0.348 e. The molecule has 0 aliphatic rings. The van der Waals surface area contributed by atoms with Gasteiger partial charge in [-0.15, -0.1) is 22.9 Å². The molecule has 1 heterocycles. The Morgan fingerprint density at radius 2 is 1.91 bits per heavy atom. The topological polar surface area (TPSA) is 81.7 Å². The first-order chi connectivity index (χ1) is 10.8. The maximum atomic E-state index is 12.1. The molecule has 1 aromatic rings. The van der Waals surface area contributed by atoms with Crippen molar-refractivity contribution in [1.29, 1.82) is 0 Å². The lowest BCUT2D eigenvalue weighted by Crippen LogP contribution is -2.15. The van der Waals surface area contributed by atoms with Gasteiger partial charge in [0.25, 0.3) is 0 Å². The van der Waals surface area contributed by atoms with Crippen molar-refractivity contribution >= 4 is 45.8 Å². The lowest BCUT2D eigenvalue weighted by molar-refractivity contribution is -0.115. The van der Waals surface area contributed by atoms with Gasteiger partial charge in [-0.05, 0) is 33.3 Å². The van der Waals surface area contributed by atoms with Crippen LogP contribution >= 0.6 is 22.9 Å². The van der Waals surface area contributed by atoms with Gasteiger partial charge >= 0.3 is 11.9 Å². The molecule has 0 aliphatic heterocycles. The number of halogens is 1. The number of alkyl halides is 1. The van der Waals surface area contributed by atoms with Gasteiger partial charge in [-0.3, -0.25) is 4.79 Å². The average molecular weight is 362 g/mol. The van der Waals surface area contributed by atoms with Crippen LogP contribution in [0.1, 0.15) is 52.8 Å². The third kappa shape index (κ3) is 5.21. The molecule has 0 spiro atoms. The maximum absolute atomic E-state index is 12.1. The van der Waals surface area contributed by atoms with Crippen molar-refractivity contribution in [3.05, 3.63) is 16.0 Å². The number of nitrogens with one attached hydrogen (secondary N) is 1. The summed E-state index contributed by atoms with van der Waals surface area (Å²) in [5.74, 6) is -1.31. The van der Waals surface area contributed by atoms with Gasteiger partial charge in [-0.25, -0.2) is 9.59 Å². The zero-order valence-corrected chi connectivity index (χ0v) is 15.1. The van der Waals surface area contributed by atoms with Crippen LogP contribution in [0, 0.1) is 6.92 Å². The quantitative estimate of drug-likeness (QED) is 0.594. The number of hydrogen-bond acceptors (Lipinski definition) is 6. The molecule has 1 rings (SSSR count). The summed E-state index contributed by atoms with van der Waals surface area (Å²) in [6.07, 6.45) is -0.184. The number of thiophene rings is 1. The van der Waals surface area contributed by atoms with Crippen LogP contribution in [0.15, 0.2) is 0 Å². The van der Waals surface area contributed by atoms with Gasteiger partial charge in [0.15, 0.2) is 0 Å². The van der Waals surface area contributed by atoms with Crippen molar-refractivity contribution in [3.63, 3.8) is 0 Å². The zero-order chi connectivity index (χ0) is 17.6. The van der Waals surface area contributed by atoms with Crippen LogP contribution < -0.4 is 5.32 Å². The molecule has 0 fully saturated rings. The number of carbonyl (C=O) groups excluding carboxylic acids is 3. The Morgan fingerprint density at radius 3 is 2.43 bits per heavy atom. The number of amides is 1. The molecule has 0 saturated heterocycles. The minimum absolute atomic E-state index is 0.104. The summed E-state index contributed by atoms with van der Waals surface area (Å²) in [5, 5.41) is 2.88. The van der Waals surface area contributed by atoms with Gasteiger partial charge in [0.1, 0.15) is 9.88 Å². The molecular formula is C15H20ClNO5S. The van der Waals surface area contributed by atoms with Crippen LogP contribution in [0.5, 0.6) is 0 Å². The highest BCUT2D eigenvalue weighted by atomic mass is 35.5. The summed E-state index contributed by atoms with van der Waals surface area (Å²) in [4.78, 5) is 36.3. The molecule has 6 nitrogen and oxygen atoms in total. The van der Waals surface area contributed by atoms with E-state index in [-0.39, 0.29) is 46.4 Å². The van der Waals surface area contributed by atoms with E-state index in [0.717, 1.165) is 11.3 Å². The van der Waals surface area contributed by atoms with Crippen molar-refractivity contribution in [2.45, 2.75) is 40.2 Å². The number of esters is 2. The second-order valence-electron chi connectivity index (χ2n) is 4.92. The molecule has 1 amide bonds. The summed E-state index contributed by atoms with van der Waals surface area (Å²) in [6, 6.07) is 0. The van der Waals surface area contributed by atoms with Crippen molar-refractivity contribution in [3.8, 4) is 0 Å². The van der Waals surface area contributed by atoms with E-state index in [9.17, 15) is 14.4 Å². The standard InChI is InChI=1S/C15H20ClNO5S/c1-5-21-14(19)11-9(4)12(15(20)22-8(2)3)23-13(11)17-10(18)6-7-16/h8H,5-7H2,1-4H3,(H,17,18). The Balaban J connectivity index is 3.22. The SMILES string of the molecule is CCOC(=O)c1c(NC(=O)CCCl)sc(C(=O)OC(C)C)c1C. The first-order valence-electron chi connectivity index (χ1n) is 7.19. The number of anilines is 1. The van der Waals surface area contributed by atoms with Gasteiger partial charge in [0.05, 0.1) is 18.3 Å². The van der Waals surface area contributed by atoms with Crippen molar-refractivity contribution < 1.29 is 23.9 Å². The normalized spacial score (nSPS) is 10.5. The number of carbonyl (C=O) groups is 3. The molecule has 23 heavy (non-hydrogen) atoms. The molecule has 8 heteroatoms. The van der Waals surface area contributed by atoms with Crippen LogP contribution in [0.4, 0.5) is 5.00 Å². The van der Waals surface area contributed by atoms with E-state index in [1.54, 1.807) is 27.7 Å². The summed E-state index contributed by atoms with van der Waals surface area (Å²) >= 11 is 6.53. The second-order valence-corrected chi connectivity index (χ2v) is 6.32. The number of ether oxygens (including phenoxy) is 2. The Labute approximate surface area is 144 Å². The third-order valence-electron chi connectivity index (χ3n) is 2.73. The minimum atomic E-state index is -0.592. The van der Waals surface area contributed by atoms with Gasteiger partial charge in [0, 0.05) is 12.3 Å². The third-order valence-corrected chi connectivity index (χ3v) is 4.11. The summed E-state index contributed by atoms with van der Waals surface area (Å²) in [5.41, 5.74) is 0.607. The van der Waals surface area contributed by atoms with Crippen LogP contribution in [0.2, 0.25) is 0 Å². The Bertz CT molecular complexity index is 597. The molecule has 0 atom stereocenters. The monoisotopic (exact) mass is 361 g/mol. The fourth-order valence-corrected chi connectivity index (χ4v) is 3.05. The highest BCUT2D eigenvalue weighted by molar-refractivity contribution is 7.18. The molecule has 0 aliphatic carbocycles. The molecule has 0 bridgehead atoms. The number of hydrogen-bond donors (Lipinski definition) is 1. The second kappa shape index (κ2) is 8.88. The van der Waals surface area contributed by atoms with E-state index >= 15 is 0 Å². The predicted molar refractivity (Wildman–Crippen MR) is 89.5 cm³/mol. The zero-order valence-electron chi connectivity index (χ0n) is 13.5. The van der Waals surface area contributed by atoms with E-state index in [1.165, 1.54) is 0 Å². The molecule has 1 aromatic heterocycles. The average Bonchev–Trinajstić information content (AvgIpc) is 2.75. The summed E-state index contributed by atoms with van der Waals surface area (Å²) in [7, 11) is 0. The van der Waals surface area contributed by atoms with Gasteiger partial charge < -0.3 is 14.8 Å². The molecule has 0 radical (unpaired) electrons. The molecule has 0 aromatic carbocycles. The molecule has 128 valence electrons. The molecule has 1 N–H and O–H groups in total. The first-order valence-corrected chi connectivity index (χ1v) is 8.54. The minimum Gasteiger partial charge on any atom is -0.462 e. The predicted octanol–water partition coefficient (Wildman–Crippen LogP) is 3.37. The van der Waals surface area contributed by atoms with Gasteiger partial charge in [0.2, 0.25) is 5.91 Å². The summed E-state index contributed by atoms with van der Waals surface area (Å²) in [6.45, 7) is 6.96. The van der Waals surface area contributed by atoms with Gasteiger partial charge in [-0.2, -0.15) is 0 Å². The largest absolute Gasteiger partial charge is 0.462 e. The van der Waals surface area contributed by atoms with E-state index in [2.05, 4.69) is 5.32 Å². The van der Waals surface area contributed by atoms with Crippen LogP contribution in [-0.4, -0.2) is 36.4 Å². The van der Waals surface area contributed by atoms with Crippen molar-refractivity contribution in [2.24, 2.45) is 0 Å². The fourth-order valence-electron chi connectivity index (χ4n) is 1.79.